The molecular formula is C12H25ClN2O. The molecule has 0 bridgehead atoms. The van der Waals surface area contributed by atoms with Crippen molar-refractivity contribution in [2.24, 2.45) is 5.92 Å². The minimum Gasteiger partial charge on any atom is -0.356 e. The van der Waals surface area contributed by atoms with Gasteiger partial charge in [-0.15, -0.1) is 12.4 Å². The van der Waals surface area contributed by atoms with Crippen molar-refractivity contribution in [2.75, 3.05) is 20.1 Å². The molecule has 1 aliphatic carbocycles. The van der Waals surface area contributed by atoms with E-state index >= 15 is 0 Å². The molecule has 0 atom stereocenters. The molecule has 0 aromatic rings. The van der Waals surface area contributed by atoms with Gasteiger partial charge < -0.3 is 10.6 Å². The quantitative estimate of drug-likeness (QED) is 0.678. The summed E-state index contributed by atoms with van der Waals surface area (Å²) in [4.78, 5) is 11.2. The number of carbonyl (C=O) groups is 1. The molecule has 4 heteroatoms. The number of hydrogen-bond acceptors (Lipinski definition) is 2. The minimum atomic E-state index is 0. The van der Waals surface area contributed by atoms with Crippen LogP contribution in [0.1, 0.15) is 44.9 Å². The molecule has 1 rings (SSSR count). The Kier molecular flexibility index (Phi) is 9.74. The molecule has 3 nitrogen and oxygen atoms in total. The van der Waals surface area contributed by atoms with Gasteiger partial charge in [0.25, 0.3) is 0 Å². The molecule has 1 saturated carbocycles. The molecule has 1 aliphatic rings. The van der Waals surface area contributed by atoms with Gasteiger partial charge in [0.15, 0.2) is 0 Å². The average Bonchev–Trinajstić information content (AvgIpc) is 2.74. The second-order valence-electron chi connectivity index (χ2n) is 4.50. The number of carbonyl (C=O) groups excluding carboxylic acids is 1. The molecule has 0 aromatic carbocycles. The summed E-state index contributed by atoms with van der Waals surface area (Å²) in [6.45, 7) is 1.63. The second kappa shape index (κ2) is 9.91. The predicted molar refractivity (Wildman–Crippen MR) is 70.0 cm³/mol. The van der Waals surface area contributed by atoms with Gasteiger partial charge in [0.2, 0.25) is 5.91 Å². The van der Waals surface area contributed by atoms with Crippen LogP contribution in [0.3, 0.4) is 0 Å². The van der Waals surface area contributed by atoms with Crippen LogP contribution in [0.4, 0.5) is 0 Å². The van der Waals surface area contributed by atoms with Gasteiger partial charge in [0.1, 0.15) is 0 Å². The molecule has 0 aromatic heterocycles. The number of halogens is 1. The molecule has 0 unspecified atom stereocenters. The van der Waals surface area contributed by atoms with Crippen LogP contribution in [0, 0.1) is 5.92 Å². The zero-order valence-corrected chi connectivity index (χ0v) is 11.1. The zero-order chi connectivity index (χ0) is 10.9. The summed E-state index contributed by atoms with van der Waals surface area (Å²) in [5, 5.41) is 5.94. The van der Waals surface area contributed by atoms with E-state index in [1.165, 1.54) is 32.1 Å². The van der Waals surface area contributed by atoms with E-state index in [1.807, 2.05) is 7.05 Å². The Morgan fingerprint density at radius 2 is 1.94 bits per heavy atom. The smallest absolute Gasteiger partial charge is 0.221 e. The van der Waals surface area contributed by atoms with Gasteiger partial charge in [-0.25, -0.2) is 0 Å². The zero-order valence-electron chi connectivity index (χ0n) is 10.3. The standard InChI is InChI=1S/C12H24N2O.ClH/c1-13-10-8-12(15)14-9-4-7-11-5-2-3-6-11;/h11,13H,2-10H2,1H3,(H,14,15);1H. The van der Waals surface area contributed by atoms with Crippen LogP contribution in [0.2, 0.25) is 0 Å². The van der Waals surface area contributed by atoms with Crippen LogP contribution in [0.5, 0.6) is 0 Å². The summed E-state index contributed by atoms with van der Waals surface area (Å²) in [5.41, 5.74) is 0. The second-order valence-corrected chi connectivity index (χ2v) is 4.50. The lowest BCUT2D eigenvalue weighted by atomic mass is 10.0. The number of amides is 1. The molecule has 0 spiro atoms. The van der Waals surface area contributed by atoms with Crippen molar-refractivity contribution in [3.05, 3.63) is 0 Å². The van der Waals surface area contributed by atoms with Crippen LogP contribution in [-0.2, 0) is 4.79 Å². The molecule has 0 aliphatic heterocycles. The van der Waals surface area contributed by atoms with Gasteiger partial charge in [-0.05, 0) is 25.8 Å². The van der Waals surface area contributed by atoms with E-state index in [9.17, 15) is 4.79 Å². The average molecular weight is 249 g/mol. The van der Waals surface area contributed by atoms with Gasteiger partial charge >= 0.3 is 0 Å². The summed E-state index contributed by atoms with van der Waals surface area (Å²) >= 11 is 0. The highest BCUT2D eigenvalue weighted by Crippen LogP contribution is 2.28. The van der Waals surface area contributed by atoms with Crippen molar-refractivity contribution < 1.29 is 4.79 Å². The Bertz CT molecular complexity index is 182. The van der Waals surface area contributed by atoms with Gasteiger partial charge in [-0.3, -0.25) is 4.79 Å². The Morgan fingerprint density at radius 3 is 2.56 bits per heavy atom. The minimum absolute atomic E-state index is 0. The van der Waals surface area contributed by atoms with Gasteiger partial charge in [0.05, 0.1) is 0 Å². The summed E-state index contributed by atoms with van der Waals surface area (Å²) in [6.07, 6.45) is 8.70. The van der Waals surface area contributed by atoms with Crippen molar-refractivity contribution in [1.29, 1.82) is 0 Å². The molecular weight excluding hydrogens is 224 g/mol. The van der Waals surface area contributed by atoms with E-state index in [0.717, 1.165) is 25.4 Å². The molecule has 0 heterocycles. The number of hydrogen-bond donors (Lipinski definition) is 2. The van der Waals surface area contributed by atoms with Crippen molar-refractivity contribution in [1.82, 2.24) is 10.6 Å². The number of nitrogens with one attached hydrogen (secondary N) is 2. The molecule has 1 amide bonds. The van der Waals surface area contributed by atoms with Crippen molar-refractivity contribution in [3.63, 3.8) is 0 Å². The topological polar surface area (TPSA) is 41.1 Å². The lowest BCUT2D eigenvalue weighted by Gasteiger charge is -2.09. The Labute approximate surface area is 105 Å². The number of rotatable bonds is 7. The Balaban J connectivity index is 0.00000225. The van der Waals surface area contributed by atoms with Gasteiger partial charge in [-0.2, -0.15) is 0 Å². The molecule has 2 N–H and O–H groups in total. The fourth-order valence-corrected chi connectivity index (χ4v) is 2.24. The molecule has 16 heavy (non-hydrogen) atoms. The van der Waals surface area contributed by atoms with Crippen molar-refractivity contribution >= 4 is 18.3 Å². The third kappa shape index (κ3) is 7.07. The highest BCUT2D eigenvalue weighted by Gasteiger charge is 2.13. The molecule has 96 valence electrons. The highest BCUT2D eigenvalue weighted by molar-refractivity contribution is 5.85. The fraction of sp³-hybridized carbons (Fsp3) is 0.917. The normalized spacial score (nSPS) is 15.8. The third-order valence-electron chi connectivity index (χ3n) is 3.19. The van der Waals surface area contributed by atoms with Gasteiger partial charge in [-0.1, -0.05) is 25.7 Å². The van der Waals surface area contributed by atoms with Crippen molar-refractivity contribution in [2.45, 2.75) is 44.9 Å². The summed E-state index contributed by atoms with van der Waals surface area (Å²) < 4.78 is 0. The van der Waals surface area contributed by atoms with Crippen LogP contribution in [0.25, 0.3) is 0 Å². The first kappa shape index (κ1) is 15.7. The van der Waals surface area contributed by atoms with E-state index in [-0.39, 0.29) is 18.3 Å². The SMILES string of the molecule is CNCCC(=O)NCCCC1CCCC1.Cl. The fourth-order valence-electron chi connectivity index (χ4n) is 2.24. The van der Waals surface area contributed by atoms with Crippen LogP contribution in [-0.4, -0.2) is 26.0 Å². The van der Waals surface area contributed by atoms with E-state index in [0.29, 0.717) is 6.42 Å². The summed E-state index contributed by atoms with van der Waals surface area (Å²) in [5.74, 6) is 1.12. The summed E-state index contributed by atoms with van der Waals surface area (Å²) in [6, 6.07) is 0. The Morgan fingerprint density at radius 1 is 1.25 bits per heavy atom. The lowest BCUT2D eigenvalue weighted by molar-refractivity contribution is -0.120. The monoisotopic (exact) mass is 248 g/mol. The van der Waals surface area contributed by atoms with E-state index in [4.69, 9.17) is 0 Å². The van der Waals surface area contributed by atoms with Crippen molar-refractivity contribution in [3.8, 4) is 0 Å². The first-order chi connectivity index (χ1) is 7.33. The van der Waals surface area contributed by atoms with Crippen LogP contribution >= 0.6 is 12.4 Å². The first-order valence-corrected chi connectivity index (χ1v) is 6.24. The van der Waals surface area contributed by atoms with Gasteiger partial charge in [0, 0.05) is 19.5 Å². The lowest BCUT2D eigenvalue weighted by Crippen LogP contribution is -2.27. The molecule has 0 saturated heterocycles. The van der Waals surface area contributed by atoms with Crippen LogP contribution in [0.15, 0.2) is 0 Å². The van der Waals surface area contributed by atoms with E-state index < -0.39 is 0 Å². The first-order valence-electron chi connectivity index (χ1n) is 6.24. The largest absolute Gasteiger partial charge is 0.356 e. The maximum Gasteiger partial charge on any atom is 0.221 e. The molecule has 0 radical (unpaired) electrons. The summed E-state index contributed by atoms with van der Waals surface area (Å²) in [7, 11) is 1.87. The maximum absolute atomic E-state index is 11.2. The maximum atomic E-state index is 11.2. The molecule has 1 fully saturated rings. The van der Waals surface area contributed by atoms with E-state index in [1.54, 1.807) is 0 Å². The van der Waals surface area contributed by atoms with Crippen LogP contribution < -0.4 is 10.6 Å². The highest BCUT2D eigenvalue weighted by atomic mass is 35.5. The predicted octanol–water partition coefficient (Wildman–Crippen LogP) is 2.10. The Hall–Kier alpha value is -0.280. The third-order valence-corrected chi connectivity index (χ3v) is 3.19. The van der Waals surface area contributed by atoms with E-state index in [2.05, 4.69) is 10.6 Å².